The molecule has 70 valence electrons. The van der Waals surface area contributed by atoms with Crippen LogP contribution in [0, 0.1) is 13.8 Å². The van der Waals surface area contributed by atoms with Crippen molar-refractivity contribution in [2.75, 3.05) is 11.6 Å². The van der Waals surface area contributed by atoms with E-state index in [1.807, 2.05) is 26.0 Å². The molecule has 1 aromatic carbocycles. The minimum absolute atomic E-state index is 0.0231. The average Bonchev–Trinajstić information content (AvgIpc) is 2.02. The predicted molar refractivity (Wildman–Crippen MR) is 58.4 cm³/mol. The number of anilines is 1. The summed E-state index contributed by atoms with van der Waals surface area (Å²) in [7, 11) is 0. The molecule has 0 unspecified atom stereocenters. The molecule has 0 bridgehead atoms. The zero-order valence-corrected chi connectivity index (χ0v) is 8.87. The molecule has 2 nitrogen and oxygen atoms in total. The highest BCUT2D eigenvalue weighted by Gasteiger charge is 2.00. The molecule has 0 aromatic heterocycles. The van der Waals surface area contributed by atoms with Crippen molar-refractivity contribution in [3.63, 3.8) is 0 Å². The van der Waals surface area contributed by atoms with E-state index in [4.69, 9.17) is 0 Å². The number of rotatable bonds is 1. The summed E-state index contributed by atoms with van der Waals surface area (Å²) in [6, 6.07) is 6.00. The molecule has 0 saturated heterocycles. The van der Waals surface area contributed by atoms with Crippen molar-refractivity contribution in [2.45, 2.75) is 13.8 Å². The van der Waals surface area contributed by atoms with Gasteiger partial charge in [0.2, 0.25) is 0 Å². The summed E-state index contributed by atoms with van der Waals surface area (Å²) in [4.78, 5) is 11.1. The van der Waals surface area contributed by atoms with Gasteiger partial charge in [0.1, 0.15) is 0 Å². The molecule has 1 aromatic rings. The molecule has 0 spiro atoms. The van der Waals surface area contributed by atoms with Gasteiger partial charge in [-0.3, -0.25) is 4.79 Å². The number of hydrogen-bond donors (Lipinski definition) is 1. The fraction of sp³-hybridized carbons (Fsp3) is 0.300. The minimum Gasteiger partial charge on any atom is -0.317 e. The van der Waals surface area contributed by atoms with E-state index in [9.17, 15) is 4.79 Å². The highest BCUT2D eigenvalue weighted by atomic mass is 32.2. The Bertz CT molecular complexity index is 302. The largest absolute Gasteiger partial charge is 0.317 e. The van der Waals surface area contributed by atoms with E-state index in [2.05, 4.69) is 11.4 Å². The Balaban J connectivity index is 2.83. The quantitative estimate of drug-likeness (QED) is 0.745. The van der Waals surface area contributed by atoms with Gasteiger partial charge >= 0.3 is 0 Å². The first kappa shape index (κ1) is 10.1. The van der Waals surface area contributed by atoms with Gasteiger partial charge in [-0.2, -0.15) is 0 Å². The summed E-state index contributed by atoms with van der Waals surface area (Å²) in [6.45, 7) is 4.03. The van der Waals surface area contributed by atoms with Crippen molar-refractivity contribution in [3.8, 4) is 0 Å². The van der Waals surface area contributed by atoms with Crippen LogP contribution >= 0.6 is 11.8 Å². The molecule has 1 amide bonds. The SMILES string of the molecule is CSC(=O)Nc1cc(C)cc(C)c1. The van der Waals surface area contributed by atoms with Crippen molar-refractivity contribution >= 4 is 22.7 Å². The van der Waals surface area contributed by atoms with E-state index in [1.165, 1.54) is 11.8 Å². The van der Waals surface area contributed by atoms with Gasteiger partial charge in [0.15, 0.2) is 0 Å². The van der Waals surface area contributed by atoms with E-state index in [1.54, 1.807) is 6.26 Å². The molecule has 0 fully saturated rings. The van der Waals surface area contributed by atoms with Crippen LogP contribution in [0.15, 0.2) is 18.2 Å². The third kappa shape index (κ3) is 3.11. The van der Waals surface area contributed by atoms with Crippen LogP contribution in [-0.2, 0) is 0 Å². The van der Waals surface area contributed by atoms with Crippen molar-refractivity contribution in [1.29, 1.82) is 0 Å². The second-order valence-electron chi connectivity index (χ2n) is 2.99. The highest BCUT2D eigenvalue weighted by Crippen LogP contribution is 2.15. The summed E-state index contributed by atoms with van der Waals surface area (Å²) in [5, 5.41) is 2.77. The fourth-order valence-corrected chi connectivity index (χ4v) is 1.44. The molecular formula is C10H13NOS. The third-order valence-corrected chi connectivity index (χ3v) is 2.13. The summed E-state index contributed by atoms with van der Waals surface area (Å²) in [5.41, 5.74) is 3.20. The van der Waals surface area contributed by atoms with Crippen LogP contribution in [0.4, 0.5) is 10.5 Å². The van der Waals surface area contributed by atoms with Crippen molar-refractivity contribution < 1.29 is 4.79 Å². The van der Waals surface area contributed by atoms with Gasteiger partial charge in [-0.1, -0.05) is 17.8 Å². The molecule has 0 heterocycles. The number of thioether (sulfide) groups is 1. The van der Waals surface area contributed by atoms with E-state index in [-0.39, 0.29) is 5.24 Å². The molecule has 0 radical (unpaired) electrons. The van der Waals surface area contributed by atoms with Gasteiger partial charge in [-0.25, -0.2) is 0 Å². The van der Waals surface area contributed by atoms with Crippen LogP contribution < -0.4 is 5.32 Å². The summed E-state index contributed by atoms with van der Waals surface area (Å²) in [6.07, 6.45) is 1.76. The van der Waals surface area contributed by atoms with Gasteiger partial charge in [0.05, 0.1) is 0 Å². The molecule has 0 atom stereocenters. The summed E-state index contributed by atoms with van der Waals surface area (Å²) in [5.74, 6) is 0. The fourth-order valence-electron chi connectivity index (χ4n) is 1.22. The Morgan fingerprint density at radius 3 is 2.23 bits per heavy atom. The Labute approximate surface area is 82.7 Å². The van der Waals surface area contributed by atoms with Gasteiger partial charge in [-0.05, 0) is 43.4 Å². The maximum absolute atomic E-state index is 11.1. The van der Waals surface area contributed by atoms with E-state index >= 15 is 0 Å². The van der Waals surface area contributed by atoms with Crippen LogP contribution in [-0.4, -0.2) is 11.5 Å². The Kier molecular flexibility index (Phi) is 3.37. The van der Waals surface area contributed by atoms with Crippen molar-refractivity contribution in [2.24, 2.45) is 0 Å². The van der Waals surface area contributed by atoms with Gasteiger partial charge in [0, 0.05) is 5.69 Å². The second-order valence-corrected chi connectivity index (χ2v) is 3.77. The zero-order chi connectivity index (χ0) is 9.84. The van der Waals surface area contributed by atoms with Gasteiger partial charge in [0.25, 0.3) is 5.24 Å². The van der Waals surface area contributed by atoms with E-state index < -0.39 is 0 Å². The second kappa shape index (κ2) is 4.33. The van der Waals surface area contributed by atoms with Crippen LogP contribution in [0.3, 0.4) is 0 Å². The maximum Gasteiger partial charge on any atom is 0.283 e. The van der Waals surface area contributed by atoms with Crippen LogP contribution in [0.1, 0.15) is 11.1 Å². The highest BCUT2D eigenvalue weighted by molar-refractivity contribution is 8.13. The molecule has 0 aliphatic heterocycles. The number of aryl methyl sites for hydroxylation is 2. The van der Waals surface area contributed by atoms with Crippen molar-refractivity contribution in [1.82, 2.24) is 0 Å². The first-order chi connectivity index (χ1) is 6.11. The van der Waals surface area contributed by atoms with Gasteiger partial charge < -0.3 is 5.32 Å². The Hall–Kier alpha value is -0.960. The monoisotopic (exact) mass is 195 g/mol. The number of benzene rings is 1. The number of amides is 1. The molecule has 3 heteroatoms. The van der Waals surface area contributed by atoms with Crippen molar-refractivity contribution in [3.05, 3.63) is 29.3 Å². The minimum atomic E-state index is -0.0231. The van der Waals surface area contributed by atoms with Crippen LogP contribution in [0.2, 0.25) is 0 Å². The number of carbonyl (C=O) groups is 1. The maximum atomic E-state index is 11.1. The summed E-state index contributed by atoms with van der Waals surface area (Å²) < 4.78 is 0. The molecule has 1 rings (SSSR count). The Morgan fingerprint density at radius 1 is 1.23 bits per heavy atom. The Morgan fingerprint density at radius 2 is 1.77 bits per heavy atom. The molecule has 0 aliphatic carbocycles. The first-order valence-corrected chi connectivity index (χ1v) is 5.27. The van der Waals surface area contributed by atoms with E-state index in [0.29, 0.717) is 0 Å². The predicted octanol–water partition coefficient (Wildman–Crippen LogP) is 3.20. The first-order valence-electron chi connectivity index (χ1n) is 4.05. The standard InChI is InChI=1S/C10H13NOS/c1-7-4-8(2)6-9(5-7)11-10(12)13-3/h4-6H,1-3H3,(H,11,12). The number of nitrogens with one attached hydrogen (secondary N) is 1. The normalized spacial score (nSPS) is 9.77. The lowest BCUT2D eigenvalue weighted by Gasteiger charge is -2.05. The lowest BCUT2D eigenvalue weighted by molar-refractivity contribution is 0.270. The summed E-state index contributed by atoms with van der Waals surface area (Å²) >= 11 is 1.18. The lowest BCUT2D eigenvalue weighted by Crippen LogP contribution is -2.04. The lowest BCUT2D eigenvalue weighted by atomic mass is 10.1. The molecule has 1 N–H and O–H groups in total. The van der Waals surface area contributed by atoms with Crippen LogP contribution in [0.25, 0.3) is 0 Å². The smallest absolute Gasteiger partial charge is 0.283 e. The zero-order valence-electron chi connectivity index (χ0n) is 8.05. The number of hydrogen-bond acceptors (Lipinski definition) is 2. The van der Waals surface area contributed by atoms with E-state index in [0.717, 1.165) is 16.8 Å². The van der Waals surface area contributed by atoms with Crippen LogP contribution in [0.5, 0.6) is 0 Å². The molecule has 0 aliphatic rings. The number of carbonyl (C=O) groups excluding carboxylic acids is 1. The molecular weight excluding hydrogens is 182 g/mol. The topological polar surface area (TPSA) is 29.1 Å². The molecule has 0 saturated carbocycles. The average molecular weight is 195 g/mol. The third-order valence-electron chi connectivity index (χ3n) is 1.65. The molecule has 13 heavy (non-hydrogen) atoms. The van der Waals surface area contributed by atoms with Gasteiger partial charge in [-0.15, -0.1) is 0 Å².